The fourth-order valence-corrected chi connectivity index (χ4v) is 5.02. The van der Waals surface area contributed by atoms with Crippen LogP contribution in [0.1, 0.15) is 12.5 Å². The Morgan fingerprint density at radius 3 is 2.96 bits per heavy atom. The fourth-order valence-electron chi connectivity index (χ4n) is 2.39. The van der Waals surface area contributed by atoms with Crippen LogP contribution in [0.4, 0.5) is 0 Å². The summed E-state index contributed by atoms with van der Waals surface area (Å²) in [6.07, 6.45) is 1.57. The number of aromatic nitrogens is 1. The molecule has 27 heavy (non-hydrogen) atoms. The van der Waals surface area contributed by atoms with Crippen molar-refractivity contribution >= 4 is 61.4 Å². The molecule has 0 aliphatic carbocycles. The van der Waals surface area contributed by atoms with Crippen LogP contribution >= 0.6 is 39.0 Å². The van der Waals surface area contributed by atoms with Gasteiger partial charge in [-0.3, -0.25) is 4.79 Å². The van der Waals surface area contributed by atoms with Crippen molar-refractivity contribution < 1.29 is 14.3 Å². The van der Waals surface area contributed by atoms with E-state index in [-0.39, 0.29) is 18.0 Å². The van der Waals surface area contributed by atoms with Crippen molar-refractivity contribution in [3.63, 3.8) is 0 Å². The van der Waals surface area contributed by atoms with Gasteiger partial charge in [0.05, 0.1) is 21.7 Å². The molecule has 1 aromatic heterocycles. The molecule has 1 N–H and O–H groups in total. The van der Waals surface area contributed by atoms with E-state index in [1.807, 2.05) is 37.3 Å². The number of hydrazone groups is 1. The first-order valence-corrected chi connectivity index (χ1v) is 10.5. The molecule has 0 saturated heterocycles. The summed E-state index contributed by atoms with van der Waals surface area (Å²) >= 11 is 6.45. The van der Waals surface area contributed by atoms with E-state index in [2.05, 4.69) is 31.4 Å². The topological polar surface area (TPSA) is 72.8 Å². The van der Waals surface area contributed by atoms with E-state index < -0.39 is 0 Å². The first-order valence-electron chi connectivity index (χ1n) is 8.04. The third-order valence-electron chi connectivity index (χ3n) is 3.79. The van der Waals surface area contributed by atoms with Crippen molar-refractivity contribution in [1.29, 1.82) is 0 Å². The summed E-state index contributed by atoms with van der Waals surface area (Å²) in [7, 11) is 0. The lowest BCUT2D eigenvalue weighted by molar-refractivity contribution is -0.120. The van der Waals surface area contributed by atoms with Crippen LogP contribution in [0.5, 0.6) is 11.5 Å². The quantitative estimate of drug-likeness (QED) is 0.344. The lowest BCUT2D eigenvalue weighted by Crippen LogP contribution is -2.26. The van der Waals surface area contributed by atoms with Gasteiger partial charge >= 0.3 is 0 Å². The Bertz CT molecular complexity index is 1000. The van der Waals surface area contributed by atoms with Gasteiger partial charge in [-0.2, -0.15) is 5.10 Å². The van der Waals surface area contributed by atoms with Crippen molar-refractivity contribution in [3.05, 3.63) is 46.4 Å². The average Bonchev–Trinajstić information content (AvgIpc) is 3.27. The van der Waals surface area contributed by atoms with Crippen molar-refractivity contribution in [1.82, 2.24) is 10.4 Å². The van der Waals surface area contributed by atoms with Gasteiger partial charge in [-0.05, 0) is 47.1 Å². The molecule has 1 aliphatic heterocycles. The van der Waals surface area contributed by atoms with Gasteiger partial charge in [0.15, 0.2) is 15.8 Å². The van der Waals surface area contributed by atoms with Gasteiger partial charge < -0.3 is 9.47 Å². The SMILES string of the molecule is CC(Sc1nc2ccccc2s1)C(=O)N/N=C/c1cc2c(cc1Br)OCO2. The summed E-state index contributed by atoms with van der Waals surface area (Å²) in [4.78, 5) is 16.8. The number of nitrogens with zero attached hydrogens (tertiary/aromatic N) is 2. The van der Waals surface area contributed by atoms with E-state index in [1.165, 1.54) is 11.8 Å². The highest BCUT2D eigenvalue weighted by Gasteiger charge is 2.17. The number of thioether (sulfide) groups is 1. The van der Waals surface area contributed by atoms with E-state index in [9.17, 15) is 4.79 Å². The van der Waals surface area contributed by atoms with Crippen LogP contribution in [-0.2, 0) is 4.79 Å². The first kappa shape index (κ1) is 18.3. The van der Waals surface area contributed by atoms with Crippen LogP contribution in [0.3, 0.4) is 0 Å². The van der Waals surface area contributed by atoms with Crippen molar-refractivity contribution in [3.8, 4) is 11.5 Å². The second kappa shape index (κ2) is 7.87. The molecule has 9 heteroatoms. The molecule has 2 aromatic carbocycles. The number of para-hydroxylation sites is 1. The highest BCUT2D eigenvalue weighted by molar-refractivity contribution is 9.10. The largest absolute Gasteiger partial charge is 0.454 e. The molecule has 6 nitrogen and oxygen atoms in total. The third kappa shape index (κ3) is 4.10. The zero-order chi connectivity index (χ0) is 18.8. The molecule has 1 aliphatic rings. The number of nitrogens with one attached hydrogen (secondary N) is 1. The zero-order valence-electron chi connectivity index (χ0n) is 14.1. The molecule has 1 unspecified atom stereocenters. The number of hydrogen-bond acceptors (Lipinski definition) is 7. The summed E-state index contributed by atoms with van der Waals surface area (Å²) in [6, 6.07) is 11.5. The second-order valence-electron chi connectivity index (χ2n) is 5.67. The smallest absolute Gasteiger partial charge is 0.253 e. The minimum absolute atomic E-state index is 0.188. The average molecular weight is 464 g/mol. The van der Waals surface area contributed by atoms with Gasteiger partial charge in [-0.25, -0.2) is 10.4 Å². The molecule has 0 spiro atoms. The summed E-state index contributed by atoms with van der Waals surface area (Å²) in [5.74, 6) is 1.15. The summed E-state index contributed by atoms with van der Waals surface area (Å²) in [6.45, 7) is 2.04. The molecule has 1 atom stereocenters. The predicted octanol–water partition coefficient (Wildman–Crippen LogP) is 4.42. The van der Waals surface area contributed by atoms with E-state index >= 15 is 0 Å². The maximum atomic E-state index is 12.3. The number of halogens is 1. The van der Waals surface area contributed by atoms with E-state index in [1.54, 1.807) is 23.6 Å². The molecule has 0 fully saturated rings. The van der Waals surface area contributed by atoms with Crippen molar-refractivity contribution in [2.24, 2.45) is 5.10 Å². The highest BCUT2D eigenvalue weighted by atomic mass is 79.9. The fraction of sp³-hybridized carbons (Fsp3) is 0.167. The molecular formula is C18H14BrN3O3S2. The molecule has 0 radical (unpaired) electrons. The van der Waals surface area contributed by atoms with E-state index in [0.717, 1.165) is 24.6 Å². The van der Waals surface area contributed by atoms with E-state index in [4.69, 9.17) is 9.47 Å². The Labute approximate surface area is 172 Å². The number of carbonyl (C=O) groups excluding carboxylic acids is 1. The number of rotatable bonds is 5. The van der Waals surface area contributed by atoms with Gasteiger partial charge in [0, 0.05) is 10.0 Å². The van der Waals surface area contributed by atoms with Crippen LogP contribution in [0, 0.1) is 0 Å². The van der Waals surface area contributed by atoms with Crippen LogP contribution in [0.15, 0.2) is 50.3 Å². The molecule has 3 aromatic rings. The Balaban J connectivity index is 1.38. The van der Waals surface area contributed by atoms with Gasteiger partial charge in [-0.1, -0.05) is 23.9 Å². The Morgan fingerprint density at radius 2 is 2.15 bits per heavy atom. The predicted molar refractivity (Wildman–Crippen MR) is 111 cm³/mol. The summed E-state index contributed by atoms with van der Waals surface area (Å²) in [5, 5.41) is 3.74. The van der Waals surface area contributed by atoms with Crippen LogP contribution in [0.2, 0.25) is 0 Å². The van der Waals surface area contributed by atoms with Gasteiger partial charge in [0.1, 0.15) is 0 Å². The normalized spacial score (nSPS) is 14.0. The number of benzene rings is 2. The standard InChI is InChI=1S/C18H14BrN3O3S2/c1-10(26-18-21-13-4-2-3-5-16(13)27-18)17(23)22-20-8-11-6-14-15(7-12(11)19)25-9-24-14/h2-8,10H,9H2,1H3,(H,22,23)/b20-8+. The summed E-state index contributed by atoms with van der Waals surface area (Å²) in [5.41, 5.74) is 4.30. The van der Waals surface area contributed by atoms with Gasteiger partial charge in [-0.15, -0.1) is 11.3 Å². The second-order valence-corrected chi connectivity index (χ2v) is 9.14. The van der Waals surface area contributed by atoms with Crippen LogP contribution in [0.25, 0.3) is 10.2 Å². The lowest BCUT2D eigenvalue weighted by Gasteiger charge is -2.07. The highest BCUT2D eigenvalue weighted by Crippen LogP contribution is 2.36. The Morgan fingerprint density at radius 1 is 1.37 bits per heavy atom. The molecule has 0 saturated carbocycles. The molecule has 4 rings (SSSR count). The van der Waals surface area contributed by atoms with Crippen molar-refractivity contribution in [2.75, 3.05) is 6.79 Å². The lowest BCUT2D eigenvalue weighted by atomic mass is 10.2. The number of thiazole rings is 1. The third-order valence-corrected chi connectivity index (χ3v) is 6.71. The Hall–Kier alpha value is -2.10. The monoisotopic (exact) mass is 463 g/mol. The molecular weight excluding hydrogens is 450 g/mol. The Kier molecular flexibility index (Phi) is 5.33. The molecule has 2 heterocycles. The van der Waals surface area contributed by atoms with Crippen molar-refractivity contribution in [2.45, 2.75) is 16.5 Å². The van der Waals surface area contributed by atoms with Crippen LogP contribution < -0.4 is 14.9 Å². The van der Waals surface area contributed by atoms with Gasteiger partial charge in [0.2, 0.25) is 6.79 Å². The number of fused-ring (bicyclic) bond motifs is 2. The number of amides is 1. The number of carbonyl (C=O) groups is 1. The van der Waals surface area contributed by atoms with Gasteiger partial charge in [0.25, 0.3) is 5.91 Å². The zero-order valence-corrected chi connectivity index (χ0v) is 17.4. The number of ether oxygens (including phenoxy) is 2. The van der Waals surface area contributed by atoms with Crippen LogP contribution in [-0.4, -0.2) is 29.1 Å². The minimum Gasteiger partial charge on any atom is -0.454 e. The maximum Gasteiger partial charge on any atom is 0.253 e. The van der Waals surface area contributed by atoms with E-state index in [0.29, 0.717) is 11.5 Å². The summed E-state index contributed by atoms with van der Waals surface area (Å²) < 4.78 is 13.4. The molecule has 1 amide bonds. The molecule has 138 valence electrons. The first-order chi connectivity index (χ1) is 13.1. The minimum atomic E-state index is -0.317. The molecule has 0 bridgehead atoms. The number of hydrogen-bond donors (Lipinski definition) is 1. The maximum absolute atomic E-state index is 12.3.